The highest BCUT2D eigenvalue weighted by Gasteiger charge is 2.29. The Bertz CT molecular complexity index is 1110. The van der Waals surface area contributed by atoms with Gasteiger partial charge in [-0.3, -0.25) is 9.59 Å². The lowest BCUT2D eigenvalue weighted by molar-refractivity contribution is -0.122. The summed E-state index contributed by atoms with van der Waals surface area (Å²) in [6.45, 7) is 8.30. The van der Waals surface area contributed by atoms with Crippen molar-refractivity contribution in [2.75, 3.05) is 25.0 Å². The number of amides is 1. The zero-order valence-corrected chi connectivity index (χ0v) is 18.5. The molecule has 2 N–H and O–H groups in total. The van der Waals surface area contributed by atoms with Gasteiger partial charge in [-0.15, -0.1) is 0 Å². The van der Waals surface area contributed by atoms with Crippen LogP contribution in [0.4, 0.5) is 5.69 Å². The summed E-state index contributed by atoms with van der Waals surface area (Å²) >= 11 is 0. The van der Waals surface area contributed by atoms with Crippen molar-refractivity contribution in [1.29, 1.82) is 0 Å². The Morgan fingerprint density at radius 3 is 2.57 bits per heavy atom. The van der Waals surface area contributed by atoms with Crippen LogP contribution in [0.1, 0.15) is 39.5 Å². The molecule has 160 valence electrons. The van der Waals surface area contributed by atoms with Crippen molar-refractivity contribution in [2.45, 2.75) is 39.1 Å². The maximum atomic E-state index is 12.9. The molecule has 0 spiro atoms. The largest absolute Gasteiger partial charge is 0.381 e. The Kier molecular flexibility index (Phi) is 6.28. The Morgan fingerprint density at radius 2 is 1.90 bits per heavy atom. The first-order valence-electron chi connectivity index (χ1n) is 9.82. The fraction of sp³-hybridized carbons (Fsp3) is 0.364. The van der Waals surface area contributed by atoms with E-state index in [4.69, 9.17) is 0 Å². The van der Waals surface area contributed by atoms with Gasteiger partial charge in [0.15, 0.2) is 5.78 Å². The normalized spacial score (nSPS) is 15.0. The quantitative estimate of drug-likeness (QED) is 0.688. The lowest BCUT2D eigenvalue weighted by atomic mass is 9.91. The lowest BCUT2D eigenvalue weighted by Gasteiger charge is -2.26. The van der Waals surface area contributed by atoms with Crippen molar-refractivity contribution in [1.82, 2.24) is 9.62 Å². The monoisotopic (exact) mass is 429 g/mol. The van der Waals surface area contributed by atoms with E-state index in [0.29, 0.717) is 18.8 Å². The summed E-state index contributed by atoms with van der Waals surface area (Å²) in [5.74, 6) is -0.268. The molecule has 1 aliphatic rings. The molecule has 0 aliphatic carbocycles. The van der Waals surface area contributed by atoms with Crippen LogP contribution >= 0.6 is 0 Å². The van der Waals surface area contributed by atoms with Gasteiger partial charge in [0, 0.05) is 30.9 Å². The van der Waals surface area contributed by atoms with Crippen molar-refractivity contribution in [3.63, 3.8) is 0 Å². The number of carbonyl (C=O) groups excluding carboxylic acids is 2. The van der Waals surface area contributed by atoms with E-state index in [0.717, 1.165) is 27.8 Å². The second-order valence-corrected chi connectivity index (χ2v) is 9.55. The minimum absolute atomic E-state index is 0.0323. The molecule has 1 aliphatic heterocycles. The van der Waals surface area contributed by atoms with E-state index in [9.17, 15) is 18.0 Å². The highest BCUT2D eigenvalue weighted by atomic mass is 32.2. The van der Waals surface area contributed by atoms with E-state index in [1.54, 1.807) is 25.1 Å². The van der Waals surface area contributed by atoms with E-state index in [2.05, 4.69) is 10.6 Å². The van der Waals surface area contributed by atoms with Crippen LogP contribution in [0, 0.1) is 20.8 Å². The van der Waals surface area contributed by atoms with Gasteiger partial charge < -0.3 is 10.6 Å². The van der Waals surface area contributed by atoms with Gasteiger partial charge in [-0.2, -0.15) is 4.31 Å². The number of piperazine rings is 1. The van der Waals surface area contributed by atoms with Crippen molar-refractivity contribution < 1.29 is 18.0 Å². The number of Topliss-reactive ketones (excluding diaryl/α,β-unsaturated/α-hetero) is 1. The summed E-state index contributed by atoms with van der Waals surface area (Å²) in [6.07, 6.45) is 0. The molecule has 2 aromatic carbocycles. The van der Waals surface area contributed by atoms with E-state index in [1.807, 2.05) is 26.8 Å². The third kappa shape index (κ3) is 4.39. The molecule has 7 nitrogen and oxygen atoms in total. The Hall–Kier alpha value is -2.71. The zero-order chi connectivity index (χ0) is 22.1. The minimum atomic E-state index is -3.75. The maximum Gasteiger partial charge on any atom is 0.243 e. The number of ketones is 1. The van der Waals surface area contributed by atoms with Crippen LogP contribution in [0.2, 0.25) is 0 Å². The highest BCUT2D eigenvalue weighted by molar-refractivity contribution is 7.89. The fourth-order valence-electron chi connectivity index (χ4n) is 3.97. The fourth-order valence-corrected chi connectivity index (χ4v) is 5.41. The van der Waals surface area contributed by atoms with Gasteiger partial charge in [0.1, 0.15) is 0 Å². The molecule has 1 fully saturated rings. The number of carbonyl (C=O) groups is 2. The lowest BCUT2D eigenvalue weighted by Crippen LogP contribution is -2.49. The molecule has 1 saturated heterocycles. The number of aryl methyl sites for hydroxylation is 2. The average Bonchev–Trinajstić information content (AvgIpc) is 2.67. The van der Waals surface area contributed by atoms with Crippen LogP contribution in [-0.4, -0.2) is 44.0 Å². The zero-order valence-electron chi connectivity index (χ0n) is 17.7. The number of sulfonamides is 1. The molecule has 30 heavy (non-hydrogen) atoms. The van der Waals surface area contributed by atoms with Crippen LogP contribution in [0.25, 0.3) is 0 Å². The molecule has 0 atom stereocenters. The van der Waals surface area contributed by atoms with Gasteiger partial charge in [0.25, 0.3) is 0 Å². The summed E-state index contributed by atoms with van der Waals surface area (Å²) in [6, 6.07) is 8.58. The molecular weight excluding hydrogens is 402 g/mol. The molecule has 3 rings (SSSR count). The van der Waals surface area contributed by atoms with Gasteiger partial charge in [-0.05, 0) is 68.1 Å². The molecular formula is C22H27N3O4S. The topological polar surface area (TPSA) is 95.6 Å². The van der Waals surface area contributed by atoms with E-state index < -0.39 is 10.0 Å². The number of rotatable bonds is 6. The SMILES string of the molecule is CC(=O)c1c(C)cc(C)c(CNc2cccc(S(=O)(=O)N3CCNC(=O)C3)c2)c1C. The predicted octanol–water partition coefficient (Wildman–Crippen LogP) is 2.55. The number of hydrogen-bond donors (Lipinski definition) is 2. The molecule has 0 bridgehead atoms. The van der Waals surface area contributed by atoms with Gasteiger partial charge in [-0.25, -0.2) is 8.42 Å². The third-order valence-electron chi connectivity index (χ3n) is 5.43. The summed E-state index contributed by atoms with van der Waals surface area (Å²) in [4.78, 5) is 23.8. The second kappa shape index (κ2) is 8.57. The van der Waals surface area contributed by atoms with E-state index in [1.165, 1.54) is 10.4 Å². The first-order valence-corrected chi connectivity index (χ1v) is 11.3. The highest BCUT2D eigenvalue weighted by Crippen LogP contribution is 2.25. The van der Waals surface area contributed by atoms with Crippen molar-refractivity contribution in [3.05, 3.63) is 58.1 Å². The summed E-state index contributed by atoms with van der Waals surface area (Å²) in [5, 5.41) is 5.91. The molecule has 0 aromatic heterocycles. The Labute approximate surface area is 177 Å². The van der Waals surface area contributed by atoms with Gasteiger partial charge >= 0.3 is 0 Å². The number of nitrogens with zero attached hydrogens (tertiary/aromatic N) is 1. The first kappa shape index (κ1) is 22.0. The van der Waals surface area contributed by atoms with Crippen LogP contribution in [0.3, 0.4) is 0 Å². The van der Waals surface area contributed by atoms with Crippen molar-refractivity contribution in [2.24, 2.45) is 0 Å². The molecule has 2 aromatic rings. The minimum Gasteiger partial charge on any atom is -0.381 e. The van der Waals surface area contributed by atoms with Crippen molar-refractivity contribution >= 4 is 27.4 Å². The Balaban J connectivity index is 1.84. The van der Waals surface area contributed by atoms with Gasteiger partial charge in [0.2, 0.25) is 15.9 Å². The standard InChI is InChI=1S/C22H27N3O4S/c1-14-10-15(2)22(17(4)26)16(3)20(14)12-24-18-6-5-7-19(11-18)30(28,29)25-9-8-23-21(27)13-25/h5-7,10-11,24H,8-9,12-13H2,1-4H3,(H,23,27). The average molecular weight is 430 g/mol. The van der Waals surface area contributed by atoms with Crippen LogP contribution < -0.4 is 10.6 Å². The first-order chi connectivity index (χ1) is 14.1. The number of anilines is 1. The van der Waals surface area contributed by atoms with Crippen LogP contribution in [0.15, 0.2) is 35.2 Å². The molecule has 0 saturated carbocycles. The van der Waals surface area contributed by atoms with Gasteiger partial charge in [0.05, 0.1) is 11.4 Å². The molecule has 1 amide bonds. The summed E-state index contributed by atoms with van der Waals surface area (Å²) < 4.78 is 27.0. The summed E-state index contributed by atoms with van der Waals surface area (Å²) in [7, 11) is -3.75. The summed E-state index contributed by atoms with van der Waals surface area (Å²) in [5.41, 5.74) is 5.38. The van der Waals surface area contributed by atoms with Crippen molar-refractivity contribution in [3.8, 4) is 0 Å². The number of nitrogens with one attached hydrogen (secondary N) is 2. The van der Waals surface area contributed by atoms with E-state index >= 15 is 0 Å². The molecule has 8 heteroatoms. The van der Waals surface area contributed by atoms with E-state index in [-0.39, 0.29) is 29.7 Å². The smallest absolute Gasteiger partial charge is 0.243 e. The maximum absolute atomic E-state index is 12.9. The molecule has 0 unspecified atom stereocenters. The number of benzene rings is 2. The third-order valence-corrected chi connectivity index (χ3v) is 7.27. The molecule has 1 heterocycles. The van der Waals surface area contributed by atoms with Gasteiger partial charge in [-0.1, -0.05) is 12.1 Å². The Morgan fingerprint density at radius 1 is 1.17 bits per heavy atom. The van der Waals surface area contributed by atoms with Crippen LogP contribution in [0.5, 0.6) is 0 Å². The number of hydrogen-bond acceptors (Lipinski definition) is 5. The second-order valence-electron chi connectivity index (χ2n) is 7.62. The molecule has 0 radical (unpaired) electrons. The predicted molar refractivity (Wildman–Crippen MR) is 116 cm³/mol. The van der Waals surface area contributed by atoms with Crippen LogP contribution in [-0.2, 0) is 21.4 Å².